The number of benzene rings is 3. The number of ether oxygens (including phenoxy) is 3. The molecule has 0 aromatic heterocycles. The molecule has 2 N–H and O–H groups in total. The topological polar surface area (TPSA) is 111 Å². The number of nitrogens with one attached hydrogen (secondary N) is 1. The van der Waals surface area contributed by atoms with Crippen LogP contribution in [0.2, 0.25) is 0 Å². The molecule has 0 saturated heterocycles. The summed E-state index contributed by atoms with van der Waals surface area (Å²) in [7, 11) is 1.52. The summed E-state index contributed by atoms with van der Waals surface area (Å²) in [6.07, 6.45) is 0.0568. The molecule has 0 bridgehead atoms. The number of carboxylic acids is 1. The zero-order chi connectivity index (χ0) is 24.9. The summed E-state index contributed by atoms with van der Waals surface area (Å²) in [5.74, 6) is -0.365. The molecule has 178 valence electrons. The van der Waals surface area contributed by atoms with Crippen molar-refractivity contribution >= 4 is 28.9 Å². The van der Waals surface area contributed by atoms with E-state index >= 15 is 0 Å². The van der Waals surface area contributed by atoms with E-state index in [0.29, 0.717) is 39.6 Å². The lowest BCUT2D eigenvalue weighted by Gasteiger charge is -2.14. The van der Waals surface area contributed by atoms with E-state index in [1.807, 2.05) is 0 Å². The number of amides is 1. The number of allylic oxidation sites excluding steroid dienone is 1. The van der Waals surface area contributed by atoms with E-state index < -0.39 is 11.8 Å². The Bertz CT molecular complexity index is 1310. The Morgan fingerprint density at radius 2 is 1.57 bits per heavy atom. The molecular weight excluding hydrogens is 450 g/mol. The molecule has 0 spiro atoms. The first-order valence-corrected chi connectivity index (χ1v) is 10.8. The number of hydrogen-bond donors (Lipinski definition) is 2. The number of hydrogen-bond acceptors (Lipinski definition) is 6. The third kappa shape index (κ3) is 5.33. The largest absolute Gasteiger partial charge is 0.497 e. The highest BCUT2D eigenvalue weighted by Gasteiger charge is 2.26. The molecule has 4 rings (SSSR count). The number of carbonyl (C=O) groups excluding carboxylic acids is 2. The molecular formula is C27H23NO7. The van der Waals surface area contributed by atoms with E-state index in [1.165, 1.54) is 14.0 Å². The van der Waals surface area contributed by atoms with Gasteiger partial charge in [-0.15, -0.1) is 0 Å². The number of fused-ring (bicyclic) bond motifs is 1. The highest BCUT2D eigenvalue weighted by molar-refractivity contribution is 6.26. The lowest BCUT2D eigenvalue weighted by atomic mass is 9.89. The number of anilines is 1. The molecule has 0 radical (unpaired) electrons. The number of aliphatic carboxylic acids is 1. The van der Waals surface area contributed by atoms with Crippen LogP contribution in [0.25, 0.3) is 5.57 Å². The van der Waals surface area contributed by atoms with Gasteiger partial charge in [0, 0.05) is 30.2 Å². The average Bonchev–Trinajstić information content (AvgIpc) is 3.32. The Kier molecular flexibility index (Phi) is 6.82. The first-order valence-electron chi connectivity index (χ1n) is 10.8. The third-order valence-corrected chi connectivity index (χ3v) is 5.46. The minimum absolute atomic E-state index is 0.0448. The number of ketones is 1. The molecule has 3 aromatic carbocycles. The van der Waals surface area contributed by atoms with Crippen molar-refractivity contribution in [1.29, 1.82) is 0 Å². The monoisotopic (exact) mass is 473 g/mol. The highest BCUT2D eigenvalue weighted by Crippen LogP contribution is 2.36. The second-order valence-corrected chi connectivity index (χ2v) is 7.84. The van der Waals surface area contributed by atoms with Crippen LogP contribution in [0, 0.1) is 0 Å². The van der Waals surface area contributed by atoms with Crippen LogP contribution in [-0.4, -0.2) is 36.7 Å². The third-order valence-electron chi connectivity index (χ3n) is 5.46. The van der Waals surface area contributed by atoms with Gasteiger partial charge in [-0.1, -0.05) is 18.2 Å². The lowest BCUT2D eigenvalue weighted by Crippen LogP contribution is -2.14. The summed E-state index contributed by atoms with van der Waals surface area (Å²) in [6.45, 7) is 1.45. The standard InChI is InChI=1S/C27H23NO7/c1-16(29)28-20-8-3-17(4-9-20)13-22(26(30)18-5-10-21(33-2)11-6-18)25(27(31)32)19-7-12-23-24(14-19)35-15-34-23/h3-12,14H,13,15H2,1-2H3,(H,28,29)(H,31,32)/b25-22+. The molecule has 8 heteroatoms. The second kappa shape index (κ2) is 10.1. The number of rotatable bonds is 8. The van der Waals surface area contributed by atoms with Crippen LogP contribution in [0.3, 0.4) is 0 Å². The molecule has 35 heavy (non-hydrogen) atoms. The second-order valence-electron chi connectivity index (χ2n) is 7.84. The van der Waals surface area contributed by atoms with Crippen LogP contribution >= 0.6 is 0 Å². The summed E-state index contributed by atoms with van der Waals surface area (Å²) in [6, 6.07) is 18.2. The van der Waals surface area contributed by atoms with Gasteiger partial charge in [-0.05, 0) is 59.7 Å². The summed E-state index contributed by atoms with van der Waals surface area (Å²) >= 11 is 0. The fourth-order valence-electron chi connectivity index (χ4n) is 3.79. The molecule has 0 aliphatic carbocycles. The van der Waals surface area contributed by atoms with E-state index in [0.717, 1.165) is 0 Å². The van der Waals surface area contributed by atoms with Gasteiger partial charge in [0.2, 0.25) is 12.7 Å². The molecule has 0 saturated carbocycles. The van der Waals surface area contributed by atoms with Gasteiger partial charge < -0.3 is 24.6 Å². The first kappa shape index (κ1) is 23.6. The van der Waals surface area contributed by atoms with Crippen LogP contribution in [0.1, 0.15) is 28.4 Å². The quantitative estimate of drug-likeness (QED) is 0.370. The minimum Gasteiger partial charge on any atom is -0.497 e. The van der Waals surface area contributed by atoms with Crippen molar-refractivity contribution in [3.05, 3.63) is 89.0 Å². The first-order chi connectivity index (χ1) is 16.9. The minimum atomic E-state index is -1.24. The maximum Gasteiger partial charge on any atom is 0.336 e. The molecule has 1 aliphatic rings. The molecule has 8 nitrogen and oxygen atoms in total. The van der Waals surface area contributed by atoms with E-state index in [1.54, 1.807) is 66.7 Å². The Morgan fingerprint density at radius 3 is 2.20 bits per heavy atom. The van der Waals surface area contributed by atoms with Crippen molar-refractivity contribution < 1.29 is 33.7 Å². The van der Waals surface area contributed by atoms with E-state index in [4.69, 9.17) is 14.2 Å². The van der Waals surface area contributed by atoms with Gasteiger partial charge in [0.05, 0.1) is 12.7 Å². The SMILES string of the molecule is COc1ccc(C(=O)/C(Cc2ccc(NC(C)=O)cc2)=C(/C(=O)O)c2ccc3c(c2)OCO3)cc1. The van der Waals surface area contributed by atoms with Gasteiger partial charge in [0.25, 0.3) is 0 Å². The van der Waals surface area contributed by atoms with Crippen LogP contribution in [0.5, 0.6) is 17.2 Å². The lowest BCUT2D eigenvalue weighted by molar-refractivity contribution is -0.130. The highest BCUT2D eigenvalue weighted by atomic mass is 16.7. The maximum absolute atomic E-state index is 13.6. The zero-order valence-corrected chi connectivity index (χ0v) is 19.2. The fourth-order valence-corrected chi connectivity index (χ4v) is 3.79. The van der Waals surface area contributed by atoms with Crippen LogP contribution in [-0.2, 0) is 16.0 Å². The Labute approximate surface area is 201 Å². The normalized spacial score (nSPS) is 12.5. The molecule has 3 aromatic rings. The Morgan fingerprint density at radius 1 is 0.914 bits per heavy atom. The number of carbonyl (C=O) groups is 3. The van der Waals surface area contributed by atoms with Gasteiger partial charge in [0.1, 0.15) is 5.75 Å². The molecule has 1 amide bonds. The molecule has 0 unspecified atom stereocenters. The zero-order valence-electron chi connectivity index (χ0n) is 19.2. The summed E-state index contributed by atoms with van der Waals surface area (Å²) < 4.78 is 15.9. The van der Waals surface area contributed by atoms with Crippen molar-refractivity contribution in [3.8, 4) is 17.2 Å². The van der Waals surface area contributed by atoms with Gasteiger partial charge >= 0.3 is 5.97 Å². The Balaban J connectivity index is 1.81. The maximum atomic E-state index is 13.6. The smallest absolute Gasteiger partial charge is 0.336 e. The Hall–Kier alpha value is -4.59. The van der Waals surface area contributed by atoms with Crippen LogP contribution < -0.4 is 19.5 Å². The summed E-state index contributed by atoms with van der Waals surface area (Å²) in [5.41, 5.74) is 1.94. The number of methoxy groups -OCH3 is 1. The molecule has 0 atom stereocenters. The van der Waals surface area contributed by atoms with E-state index in [-0.39, 0.29) is 30.3 Å². The molecule has 1 heterocycles. The molecule has 1 aliphatic heterocycles. The average molecular weight is 473 g/mol. The fraction of sp³-hybridized carbons (Fsp3) is 0.148. The van der Waals surface area contributed by atoms with Crippen molar-refractivity contribution in [2.45, 2.75) is 13.3 Å². The molecule has 0 fully saturated rings. The van der Waals surface area contributed by atoms with Gasteiger partial charge in [-0.25, -0.2) is 4.79 Å². The van der Waals surface area contributed by atoms with E-state index in [2.05, 4.69) is 5.32 Å². The number of Topliss-reactive ketones (excluding diaryl/α,β-unsaturated/α-hetero) is 1. The van der Waals surface area contributed by atoms with Gasteiger partial charge in [0.15, 0.2) is 17.3 Å². The van der Waals surface area contributed by atoms with E-state index in [9.17, 15) is 19.5 Å². The van der Waals surface area contributed by atoms with Crippen LogP contribution in [0.4, 0.5) is 5.69 Å². The van der Waals surface area contributed by atoms with Gasteiger partial charge in [-0.2, -0.15) is 0 Å². The van der Waals surface area contributed by atoms with Crippen molar-refractivity contribution in [2.24, 2.45) is 0 Å². The number of carboxylic acid groups (broad SMARTS) is 1. The summed E-state index contributed by atoms with van der Waals surface area (Å²) in [5, 5.41) is 12.9. The van der Waals surface area contributed by atoms with Crippen molar-refractivity contribution in [1.82, 2.24) is 0 Å². The van der Waals surface area contributed by atoms with Crippen molar-refractivity contribution in [2.75, 3.05) is 19.2 Å². The summed E-state index contributed by atoms with van der Waals surface area (Å²) in [4.78, 5) is 37.4. The predicted octanol–water partition coefficient (Wildman–Crippen LogP) is 4.35. The van der Waals surface area contributed by atoms with Crippen molar-refractivity contribution in [3.63, 3.8) is 0 Å². The van der Waals surface area contributed by atoms with Gasteiger partial charge in [-0.3, -0.25) is 9.59 Å². The predicted molar refractivity (Wildman–Crippen MR) is 129 cm³/mol. The van der Waals surface area contributed by atoms with Crippen LogP contribution in [0.15, 0.2) is 72.3 Å².